The lowest BCUT2D eigenvalue weighted by Gasteiger charge is -2.26. The van der Waals surface area contributed by atoms with Crippen LogP contribution in [0.2, 0.25) is 5.02 Å². The summed E-state index contributed by atoms with van der Waals surface area (Å²) < 4.78 is 53.1. The van der Waals surface area contributed by atoms with Crippen LogP contribution in [0.3, 0.4) is 0 Å². The number of carboxylic acid groups (broad SMARTS) is 1. The molecule has 1 saturated heterocycles. The summed E-state index contributed by atoms with van der Waals surface area (Å²) in [6.45, 7) is 11.0. The van der Waals surface area contributed by atoms with Crippen LogP contribution in [0.4, 0.5) is 25.6 Å². The van der Waals surface area contributed by atoms with E-state index in [-0.39, 0.29) is 34.4 Å². The number of aromatic nitrogens is 4. The van der Waals surface area contributed by atoms with Crippen molar-refractivity contribution in [2.45, 2.75) is 84.3 Å². The number of carbonyl (C=O) groups excluding carboxylic acids is 1. The number of benzene rings is 3. The largest absolute Gasteiger partial charge is 0.497 e. The predicted octanol–water partition coefficient (Wildman–Crippen LogP) is 9.80. The Kier molecular flexibility index (Phi) is 11.9. The molecule has 3 aromatic carbocycles. The van der Waals surface area contributed by atoms with Crippen LogP contribution in [-0.2, 0) is 27.3 Å². The third-order valence-electron chi connectivity index (χ3n) is 10.7. The summed E-state index contributed by atoms with van der Waals surface area (Å²) >= 11 is 6.90. The van der Waals surface area contributed by atoms with Gasteiger partial charge in [0.05, 0.1) is 36.2 Å². The van der Waals surface area contributed by atoms with Crippen molar-refractivity contribution in [1.29, 1.82) is 0 Å². The molecule has 0 saturated carbocycles. The first kappa shape index (κ1) is 44.1. The Bertz CT molecular complexity index is 2720. The Morgan fingerprint density at radius 3 is 2.11 bits per heavy atom. The van der Waals surface area contributed by atoms with Crippen molar-refractivity contribution in [1.82, 2.24) is 19.5 Å². The second-order valence-corrected chi connectivity index (χ2v) is 17.4. The lowest BCUT2D eigenvalue weighted by molar-refractivity contribution is -0.148. The van der Waals surface area contributed by atoms with Crippen LogP contribution in [0.15, 0.2) is 90.6 Å². The molecule has 4 heterocycles. The van der Waals surface area contributed by atoms with E-state index >= 15 is 4.39 Å². The number of ether oxygens (including phenoxy) is 6. The van der Waals surface area contributed by atoms with Crippen LogP contribution in [0.5, 0.6) is 17.2 Å². The molecule has 3 atom stereocenters. The smallest absolute Gasteiger partial charge is 0.425 e. The highest BCUT2D eigenvalue weighted by molar-refractivity contribution is 6.33. The summed E-state index contributed by atoms with van der Waals surface area (Å²) in [6, 6.07) is 21.1. The molecular formula is C47H48ClFN6O9. The maximum Gasteiger partial charge on any atom is 0.425 e. The SMILES string of the molecule is COc1ccc(CN(Cc2ccc(OC)cc2)c2nc3cc(OCC4=C[C@@H](n5ccc6c(N(C(=O)O)C(=O)OC(C)(C)C)nc(C)nc65)[C@@H]5OC(C)(C)O[C@H]45)cc(F)c3cc2Cl)cc1. The lowest BCUT2D eigenvalue weighted by Crippen LogP contribution is -2.41. The number of rotatable bonds is 12. The van der Waals surface area contributed by atoms with Gasteiger partial charge in [-0.2, -0.15) is 4.90 Å². The molecule has 0 radical (unpaired) electrons. The van der Waals surface area contributed by atoms with Crippen LogP contribution in [0, 0.1) is 12.7 Å². The number of methoxy groups -OCH3 is 2. The summed E-state index contributed by atoms with van der Waals surface area (Å²) in [5.41, 5.74) is 2.43. The molecule has 0 spiro atoms. The van der Waals surface area contributed by atoms with Gasteiger partial charge in [0.2, 0.25) is 0 Å². The Labute approximate surface area is 373 Å². The van der Waals surface area contributed by atoms with Crippen LogP contribution in [0.25, 0.3) is 21.9 Å². The number of halogens is 2. The van der Waals surface area contributed by atoms with E-state index in [0.717, 1.165) is 28.2 Å². The first-order valence-corrected chi connectivity index (χ1v) is 20.9. The van der Waals surface area contributed by atoms with Crippen molar-refractivity contribution < 1.29 is 47.5 Å². The molecule has 0 bridgehead atoms. The molecule has 1 N–H and O–H groups in total. The number of amides is 2. The molecule has 15 nitrogen and oxygen atoms in total. The fourth-order valence-corrected chi connectivity index (χ4v) is 8.22. The zero-order chi connectivity index (χ0) is 45.7. The number of carbonyl (C=O) groups is 2. The number of anilines is 2. The molecule has 1 aliphatic carbocycles. The van der Waals surface area contributed by atoms with Gasteiger partial charge in [-0.15, -0.1) is 0 Å². The molecule has 2 amide bonds. The standard InChI is InChI=1S/C47H48ClFN6O9/c1-26-50-41-33(42(51-26)55(44(56)57)45(58)64-46(2,3)4)17-18-54(41)38-19-29(39-40(38)63-47(5,6)62-39)25-61-32-20-36(49)34-22-35(48)43(52-37(34)21-32)53(23-27-9-13-30(59-7)14-10-27)24-28-11-15-31(60-8)16-12-28/h9-22,38-40H,23-25H2,1-8H3,(H,56,57)/t38-,39-,40+/m1/s1. The van der Waals surface area contributed by atoms with Crippen LogP contribution in [0.1, 0.15) is 57.6 Å². The van der Waals surface area contributed by atoms with E-state index in [1.807, 2.05) is 77.9 Å². The van der Waals surface area contributed by atoms with E-state index in [4.69, 9.17) is 45.0 Å². The Morgan fingerprint density at radius 1 is 0.875 bits per heavy atom. The second kappa shape index (κ2) is 17.2. The topological polar surface area (TPSA) is 160 Å². The highest BCUT2D eigenvalue weighted by atomic mass is 35.5. The number of imide groups is 1. The zero-order valence-electron chi connectivity index (χ0n) is 36.6. The van der Waals surface area contributed by atoms with Gasteiger partial charge in [-0.05, 0) is 94.6 Å². The summed E-state index contributed by atoms with van der Waals surface area (Å²) in [6.07, 6.45) is -0.0979. The van der Waals surface area contributed by atoms with E-state index in [2.05, 4.69) is 9.97 Å². The van der Waals surface area contributed by atoms with Crippen molar-refractivity contribution in [3.63, 3.8) is 0 Å². The average Bonchev–Trinajstić information content (AvgIpc) is 3.90. The zero-order valence-corrected chi connectivity index (χ0v) is 37.3. The number of fused-ring (bicyclic) bond motifs is 3. The fourth-order valence-electron chi connectivity index (χ4n) is 7.95. The molecule has 64 heavy (non-hydrogen) atoms. The highest BCUT2D eigenvalue weighted by Crippen LogP contribution is 2.45. The molecule has 0 unspecified atom stereocenters. The summed E-state index contributed by atoms with van der Waals surface area (Å²) in [5, 5.41) is 11.0. The molecule has 6 aromatic rings. The van der Waals surface area contributed by atoms with Gasteiger partial charge in [-0.3, -0.25) is 0 Å². The van der Waals surface area contributed by atoms with Crippen molar-refractivity contribution in [2.75, 3.05) is 30.6 Å². The maximum absolute atomic E-state index is 16.0. The van der Waals surface area contributed by atoms with E-state index in [1.165, 1.54) is 6.07 Å². The Balaban J connectivity index is 1.10. The summed E-state index contributed by atoms with van der Waals surface area (Å²) in [5.74, 6) is 0.701. The van der Waals surface area contributed by atoms with E-state index in [0.29, 0.717) is 40.4 Å². The second-order valence-electron chi connectivity index (χ2n) is 17.0. The minimum Gasteiger partial charge on any atom is -0.497 e. The van der Waals surface area contributed by atoms with Crippen molar-refractivity contribution >= 4 is 57.4 Å². The van der Waals surface area contributed by atoms with Crippen molar-refractivity contribution in [3.05, 3.63) is 118 Å². The number of pyridine rings is 1. The Hall–Kier alpha value is -6.49. The number of hydrogen-bond donors (Lipinski definition) is 1. The Morgan fingerprint density at radius 2 is 1.52 bits per heavy atom. The maximum atomic E-state index is 16.0. The number of aryl methyl sites for hydroxylation is 1. The molecule has 334 valence electrons. The normalized spacial score (nSPS) is 17.8. The molecular weight excluding hydrogens is 847 g/mol. The number of hydrogen-bond acceptors (Lipinski definition) is 12. The van der Waals surface area contributed by atoms with Gasteiger partial charge in [0.15, 0.2) is 11.6 Å². The molecule has 1 fully saturated rings. The van der Waals surface area contributed by atoms with Crippen LogP contribution < -0.4 is 24.0 Å². The van der Waals surface area contributed by atoms with Gasteiger partial charge in [0.25, 0.3) is 0 Å². The highest BCUT2D eigenvalue weighted by Gasteiger charge is 2.51. The molecule has 2 aliphatic rings. The van der Waals surface area contributed by atoms with Crippen LogP contribution in [-0.4, -0.2) is 81.2 Å². The molecule has 1 aliphatic heterocycles. The molecule has 17 heteroatoms. The molecule has 8 rings (SSSR count). The lowest BCUT2D eigenvalue weighted by atomic mass is 10.1. The van der Waals surface area contributed by atoms with Crippen molar-refractivity contribution in [3.8, 4) is 17.2 Å². The third kappa shape index (κ3) is 9.12. The first-order valence-electron chi connectivity index (χ1n) is 20.5. The monoisotopic (exact) mass is 894 g/mol. The van der Waals surface area contributed by atoms with Gasteiger partial charge in [-0.25, -0.2) is 28.9 Å². The molecule has 3 aromatic heterocycles. The van der Waals surface area contributed by atoms with Crippen molar-refractivity contribution in [2.24, 2.45) is 0 Å². The van der Waals surface area contributed by atoms with Gasteiger partial charge >= 0.3 is 12.2 Å². The third-order valence-corrected chi connectivity index (χ3v) is 11.0. The number of nitrogens with zero attached hydrogens (tertiary/aromatic N) is 6. The predicted molar refractivity (Wildman–Crippen MR) is 238 cm³/mol. The summed E-state index contributed by atoms with van der Waals surface area (Å²) in [4.78, 5) is 42.1. The van der Waals surface area contributed by atoms with E-state index < -0.39 is 47.6 Å². The minimum absolute atomic E-state index is 0.00740. The van der Waals surface area contributed by atoms with Gasteiger partial charge in [-0.1, -0.05) is 41.9 Å². The first-order chi connectivity index (χ1) is 30.4. The summed E-state index contributed by atoms with van der Waals surface area (Å²) in [7, 11) is 3.23. The van der Waals surface area contributed by atoms with Gasteiger partial charge < -0.3 is 43.0 Å². The fraction of sp³-hybridized carbons (Fsp3) is 0.340. The minimum atomic E-state index is -1.56. The van der Waals surface area contributed by atoms with Gasteiger partial charge in [0, 0.05) is 36.8 Å². The average molecular weight is 895 g/mol. The van der Waals surface area contributed by atoms with E-state index in [1.54, 1.807) is 66.3 Å². The van der Waals surface area contributed by atoms with Crippen LogP contribution >= 0.6 is 11.6 Å². The van der Waals surface area contributed by atoms with Gasteiger partial charge in [0.1, 0.15) is 64.8 Å². The quantitative estimate of drug-likeness (QED) is 0.116. The van der Waals surface area contributed by atoms with E-state index in [9.17, 15) is 14.7 Å².